The average Bonchev–Trinajstić information content (AvgIpc) is 2.76. The van der Waals surface area contributed by atoms with Crippen molar-refractivity contribution in [1.82, 2.24) is 0 Å². The Balaban J connectivity index is 3.01. The van der Waals surface area contributed by atoms with Gasteiger partial charge in [-0.2, -0.15) is 0 Å². The highest BCUT2D eigenvalue weighted by Crippen LogP contribution is 2.30. The van der Waals surface area contributed by atoms with Gasteiger partial charge >= 0.3 is 18.1 Å². The molecule has 8 heteroatoms. The Morgan fingerprint density at radius 2 is 1.55 bits per heavy atom. The fraction of sp³-hybridized carbons (Fsp3) is 0.381. The Morgan fingerprint density at radius 1 is 0.931 bits per heavy atom. The second kappa shape index (κ2) is 12.1. The molecule has 0 N–H and O–H groups in total. The molecule has 1 aromatic carbocycles. The van der Waals surface area contributed by atoms with Crippen LogP contribution in [0.15, 0.2) is 36.4 Å². The number of allylic oxidation sites excluding steroid dienone is 1. The first-order valence-corrected chi connectivity index (χ1v) is 8.59. The van der Waals surface area contributed by atoms with Gasteiger partial charge in [-0.1, -0.05) is 24.0 Å². The van der Waals surface area contributed by atoms with Crippen LogP contribution in [-0.4, -0.2) is 53.1 Å². The molecule has 0 aromatic heterocycles. The summed E-state index contributed by atoms with van der Waals surface area (Å²) >= 11 is 0. The monoisotopic (exact) mass is 404 g/mol. The standard InChI is InChI=1S/C21H24O8/c1-25-17-11-9-16(10-12-17)8-7-14-21(18(22)26-2,19(23)27-3)13-5-6-15-29-20(24)28-4/h5-6,9-12H,13-15H2,1-4H3/b6-5+. The maximum Gasteiger partial charge on any atom is 0.508 e. The lowest BCUT2D eigenvalue weighted by Crippen LogP contribution is -2.40. The Labute approximate surface area is 169 Å². The number of benzene rings is 1. The minimum atomic E-state index is -1.65. The normalized spacial score (nSPS) is 10.5. The third-order valence-electron chi connectivity index (χ3n) is 3.96. The molecule has 0 saturated carbocycles. The predicted octanol–water partition coefficient (Wildman–Crippen LogP) is 2.50. The average molecular weight is 404 g/mol. The molecule has 0 aliphatic rings. The molecule has 8 nitrogen and oxygen atoms in total. The minimum absolute atomic E-state index is 0.0474. The Kier molecular flexibility index (Phi) is 9.82. The number of hydrogen-bond donors (Lipinski definition) is 0. The van der Waals surface area contributed by atoms with Crippen LogP contribution in [-0.2, 0) is 28.5 Å². The number of ether oxygens (including phenoxy) is 5. The number of hydrogen-bond acceptors (Lipinski definition) is 8. The number of carbonyl (C=O) groups is 3. The highest BCUT2D eigenvalue weighted by molar-refractivity contribution is 6.00. The SMILES string of the molecule is COC(=O)OC/C=C/CC(CC#Cc1ccc(OC)cc1)(C(=O)OC)C(=O)OC. The molecule has 0 atom stereocenters. The lowest BCUT2D eigenvalue weighted by atomic mass is 9.81. The molecule has 0 radical (unpaired) electrons. The van der Waals surface area contributed by atoms with E-state index in [0.29, 0.717) is 11.3 Å². The van der Waals surface area contributed by atoms with Gasteiger partial charge in [-0.25, -0.2) is 4.79 Å². The van der Waals surface area contributed by atoms with E-state index in [-0.39, 0.29) is 19.4 Å². The van der Waals surface area contributed by atoms with Crippen molar-refractivity contribution >= 4 is 18.1 Å². The summed E-state index contributed by atoms with van der Waals surface area (Å²) in [4.78, 5) is 35.8. The molecular formula is C21H24O8. The second-order valence-electron chi connectivity index (χ2n) is 5.71. The summed E-state index contributed by atoms with van der Waals surface area (Å²) in [6.45, 7) is -0.0807. The molecule has 1 rings (SSSR count). The molecule has 0 bridgehead atoms. The van der Waals surface area contributed by atoms with Crippen LogP contribution in [0.1, 0.15) is 18.4 Å². The van der Waals surface area contributed by atoms with Gasteiger partial charge in [0.1, 0.15) is 12.4 Å². The molecule has 0 unspecified atom stereocenters. The summed E-state index contributed by atoms with van der Waals surface area (Å²) < 4.78 is 23.8. The van der Waals surface area contributed by atoms with Crippen molar-refractivity contribution < 1.29 is 38.1 Å². The second-order valence-corrected chi connectivity index (χ2v) is 5.71. The maximum absolute atomic E-state index is 12.4. The van der Waals surface area contributed by atoms with E-state index >= 15 is 0 Å². The van der Waals surface area contributed by atoms with Crippen LogP contribution in [0.5, 0.6) is 5.75 Å². The van der Waals surface area contributed by atoms with Crippen molar-refractivity contribution in [1.29, 1.82) is 0 Å². The van der Waals surface area contributed by atoms with Gasteiger partial charge in [0.25, 0.3) is 0 Å². The molecule has 0 spiro atoms. The van der Waals surface area contributed by atoms with E-state index in [1.54, 1.807) is 31.4 Å². The van der Waals surface area contributed by atoms with E-state index < -0.39 is 23.5 Å². The first-order valence-electron chi connectivity index (χ1n) is 8.59. The zero-order chi connectivity index (χ0) is 21.7. The van der Waals surface area contributed by atoms with E-state index in [9.17, 15) is 14.4 Å². The van der Waals surface area contributed by atoms with Gasteiger partial charge in [-0.05, 0) is 30.7 Å². The van der Waals surface area contributed by atoms with Gasteiger partial charge in [-0.15, -0.1) is 0 Å². The quantitative estimate of drug-likeness (QED) is 0.214. The van der Waals surface area contributed by atoms with Crippen LogP contribution in [0.3, 0.4) is 0 Å². The van der Waals surface area contributed by atoms with Gasteiger partial charge < -0.3 is 23.7 Å². The van der Waals surface area contributed by atoms with Crippen molar-refractivity contribution in [3.63, 3.8) is 0 Å². The number of carbonyl (C=O) groups excluding carboxylic acids is 3. The molecule has 156 valence electrons. The highest BCUT2D eigenvalue weighted by atomic mass is 16.7. The lowest BCUT2D eigenvalue weighted by molar-refractivity contribution is -0.168. The van der Waals surface area contributed by atoms with E-state index in [1.165, 1.54) is 33.5 Å². The highest BCUT2D eigenvalue weighted by Gasteiger charge is 2.47. The third kappa shape index (κ3) is 6.88. The smallest absolute Gasteiger partial charge is 0.497 e. The zero-order valence-corrected chi connectivity index (χ0v) is 16.9. The first kappa shape index (κ1) is 23.6. The fourth-order valence-corrected chi connectivity index (χ4v) is 2.36. The first-order chi connectivity index (χ1) is 13.9. The molecule has 0 amide bonds. The summed E-state index contributed by atoms with van der Waals surface area (Å²) in [6, 6.07) is 7.02. The summed E-state index contributed by atoms with van der Waals surface area (Å²) in [5.41, 5.74) is -0.957. The number of esters is 2. The Bertz CT molecular complexity index is 767. The van der Waals surface area contributed by atoms with Gasteiger partial charge in [-0.3, -0.25) is 9.59 Å². The van der Waals surface area contributed by atoms with Crippen LogP contribution in [0.4, 0.5) is 4.79 Å². The summed E-state index contributed by atoms with van der Waals surface area (Å²) in [7, 11) is 5.11. The van der Waals surface area contributed by atoms with Crippen molar-refractivity contribution in [2.24, 2.45) is 5.41 Å². The van der Waals surface area contributed by atoms with E-state index in [1.807, 2.05) is 0 Å². The molecular weight excluding hydrogens is 380 g/mol. The van der Waals surface area contributed by atoms with Gasteiger partial charge in [0, 0.05) is 12.0 Å². The van der Waals surface area contributed by atoms with Gasteiger partial charge in [0.15, 0.2) is 5.41 Å². The van der Waals surface area contributed by atoms with Crippen LogP contribution in [0.2, 0.25) is 0 Å². The van der Waals surface area contributed by atoms with Crippen LogP contribution in [0.25, 0.3) is 0 Å². The minimum Gasteiger partial charge on any atom is -0.497 e. The van der Waals surface area contributed by atoms with Gasteiger partial charge in [0.05, 0.1) is 28.4 Å². The molecule has 0 fully saturated rings. The van der Waals surface area contributed by atoms with Crippen LogP contribution >= 0.6 is 0 Å². The number of rotatable bonds is 8. The number of methoxy groups -OCH3 is 4. The summed E-state index contributed by atoms with van der Waals surface area (Å²) in [6.07, 6.45) is 1.99. The molecule has 1 aromatic rings. The Morgan fingerprint density at radius 3 is 2.07 bits per heavy atom. The third-order valence-corrected chi connectivity index (χ3v) is 3.96. The lowest BCUT2D eigenvalue weighted by Gasteiger charge is -2.24. The summed E-state index contributed by atoms with van der Waals surface area (Å²) in [5, 5.41) is 0. The zero-order valence-electron chi connectivity index (χ0n) is 16.9. The van der Waals surface area contributed by atoms with Crippen molar-refractivity contribution in [2.75, 3.05) is 35.0 Å². The van der Waals surface area contributed by atoms with Gasteiger partial charge in [0.2, 0.25) is 0 Å². The molecule has 0 heterocycles. The van der Waals surface area contributed by atoms with Crippen molar-refractivity contribution in [3.05, 3.63) is 42.0 Å². The summed E-state index contributed by atoms with van der Waals surface area (Å²) in [5.74, 6) is 4.89. The fourth-order valence-electron chi connectivity index (χ4n) is 2.36. The largest absolute Gasteiger partial charge is 0.508 e. The molecule has 0 aliphatic heterocycles. The molecule has 0 aliphatic carbocycles. The van der Waals surface area contributed by atoms with Crippen molar-refractivity contribution in [3.8, 4) is 17.6 Å². The molecule has 0 saturated heterocycles. The van der Waals surface area contributed by atoms with Crippen LogP contribution in [0, 0.1) is 17.3 Å². The van der Waals surface area contributed by atoms with Crippen LogP contribution < -0.4 is 4.74 Å². The maximum atomic E-state index is 12.4. The van der Waals surface area contributed by atoms with E-state index in [0.717, 1.165) is 0 Å². The van der Waals surface area contributed by atoms with E-state index in [2.05, 4.69) is 16.6 Å². The topological polar surface area (TPSA) is 97.4 Å². The predicted molar refractivity (Wildman–Crippen MR) is 103 cm³/mol. The van der Waals surface area contributed by atoms with Crippen molar-refractivity contribution in [2.45, 2.75) is 12.8 Å². The molecule has 29 heavy (non-hydrogen) atoms. The Hall–Kier alpha value is -3.47. The van der Waals surface area contributed by atoms with E-state index in [4.69, 9.17) is 18.9 Å².